The molecule has 2 rings (SSSR count). The number of hydrogen-bond donors (Lipinski definition) is 3. The number of hydrogen-bond acceptors (Lipinski definition) is 5. The van der Waals surface area contributed by atoms with Crippen LogP contribution in [0.15, 0.2) is 34.0 Å². The van der Waals surface area contributed by atoms with Gasteiger partial charge in [0.15, 0.2) is 0 Å². The summed E-state index contributed by atoms with van der Waals surface area (Å²) >= 11 is 0.986. The van der Waals surface area contributed by atoms with Gasteiger partial charge in [0.2, 0.25) is 5.91 Å². The molecule has 1 aliphatic rings. The van der Waals surface area contributed by atoms with Crippen LogP contribution in [-0.2, 0) is 9.59 Å². The topological polar surface area (TPSA) is 117 Å². The molecule has 1 unspecified atom stereocenters. The van der Waals surface area contributed by atoms with Gasteiger partial charge in [-0.3, -0.25) is 4.79 Å². The van der Waals surface area contributed by atoms with Crippen LogP contribution >= 0.6 is 11.8 Å². The number of amides is 1. The number of pyridine rings is 1. The number of aromatic carboxylic acids is 1. The molecule has 1 aromatic rings. The summed E-state index contributed by atoms with van der Waals surface area (Å²) in [7, 11) is 0. The highest BCUT2D eigenvalue weighted by molar-refractivity contribution is 8.03. The Morgan fingerprint density at radius 2 is 2.00 bits per heavy atom. The molecule has 0 spiro atoms. The minimum absolute atomic E-state index is 0.00381. The Bertz CT molecular complexity index is 788. The van der Waals surface area contributed by atoms with Gasteiger partial charge in [0, 0.05) is 17.0 Å². The average Bonchev–Trinajstić information content (AvgIpc) is 3.25. The molecule has 0 aromatic carbocycles. The number of nitrogens with one attached hydrogen (secondary N) is 1. The molecule has 1 amide bonds. The van der Waals surface area contributed by atoms with E-state index in [0.717, 1.165) is 18.2 Å². The highest BCUT2D eigenvalue weighted by Crippen LogP contribution is 2.51. The van der Waals surface area contributed by atoms with Crippen LogP contribution in [0.4, 0.5) is 0 Å². The van der Waals surface area contributed by atoms with Crippen molar-refractivity contribution in [1.29, 1.82) is 0 Å². The Labute approximate surface area is 162 Å². The fourth-order valence-corrected chi connectivity index (χ4v) is 3.78. The van der Waals surface area contributed by atoms with E-state index in [1.54, 1.807) is 0 Å². The predicted octanol–water partition coefficient (Wildman–Crippen LogP) is 3.52. The number of carboxylic acids is 2. The Hall–Kier alpha value is -2.35. The van der Waals surface area contributed by atoms with Crippen LogP contribution in [-0.4, -0.2) is 33.0 Å². The van der Waals surface area contributed by atoms with E-state index >= 15 is 0 Å². The summed E-state index contributed by atoms with van der Waals surface area (Å²) < 4.78 is 0. The lowest BCUT2D eigenvalue weighted by Crippen LogP contribution is -2.30. The van der Waals surface area contributed by atoms with Gasteiger partial charge in [-0.1, -0.05) is 39.0 Å². The fraction of sp³-hybridized carbons (Fsp3) is 0.474. The lowest BCUT2D eigenvalue weighted by atomic mass is 10.1. The molecule has 146 valence electrons. The molecule has 0 radical (unpaired) electrons. The van der Waals surface area contributed by atoms with Crippen LogP contribution in [0.5, 0.6) is 0 Å². The van der Waals surface area contributed by atoms with Crippen LogP contribution in [0.3, 0.4) is 0 Å². The number of thioether (sulfide) groups is 1. The number of carbonyl (C=O) groups excluding carboxylic acids is 1. The summed E-state index contributed by atoms with van der Waals surface area (Å²) in [6.07, 6.45) is 4.12. The molecule has 1 saturated carbocycles. The maximum atomic E-state index is 12.4. The first-order valence-electron chi connectivity index (χ1n) is 8.80. The van der Waals surface area contributed by atoms with Gasteiger partial charge >= 0.3 is 11.9 Å². The normalized spacial score (nSPS) is 18.4. The molecule has 1 fully saturated rings. The fourth-order valence-electron chi connectivity index (χ4n) is 2.68. The van der Waals surface area contributed by atoms with Crippen molar-refractivity contribution in [2.45, 2.75) is 51.5 Å². The van der Waals surface area contributed by atoms with Crippen molar-refractivity contribution in [3.05, 3.63) is 34.5 Å². The summed E-state index contributed by atoms with van der Waals surface area (Å²) in [5.41, 5.74) is -0.318. The van der Waals surface area contributed by atoms with Crippen molar-refractivity contribution in [3.63, 3.8) is 0 Å². The van der Waals surface area contributed by atoms with E-state index in [4.69, 9.17) is 0 Å². The third kappa shape index (κ3) is 5.32. The highest BCUT2D eigenvalue weighted by Gasteiger charge is 2.51. The molecular formula is C19H24N2O5S. The van der Waals surface area contributed by atoms with E-state index in [2.05, 4.69) is 10.3 Å². The predicted molar refractivity (Wildman–Crippen MR) is 101 cm³/mol. The molecule has 1 heterocycles. The first-order valence-corrected chi connectivity index (χ1v) is 9.62. The summed E-state index contributed by atoms with van der Waals surface area (Å²) in [5.74, 6) is -2.91. The standard InChI is InChI=1S/C19H24N2O5S/c1-4-5-8-13(27-16-11(17(23)24)7-6-9-20-16)14(18(25)26)21-15(22)12-10-19(12,2)3/h6-7,9,12H,4-5,8,10H2,1-3H3,(H,21,22)(H,23,24)(H,25,26). The number of aromatic nitrogens is 1. The number of allylic oxidation sites excluding steroid dienone is 1. The van der Waals surface area contributed by atoms with Crippen molar-refractivity contribution in [2.24, 2.45) is 11.3 Å². The molecule has 0 saturated heterocycles. The van der Waals surface area contributed by atoms with Crippen molar-refractivity contribution in [1.82, 2.24) is 10.3 Å². The number of aliphatic carboxylic acids is 1. The second-order valence-electron chi connectivity index (χ2n) is 7.20. The van der Waals surface area contributed by atoms with Gasteiger partial charge in [-0.05, 0) is 36.8 Å². The number of carbonyl (C=O) groups is 3. The second kappa shape index (κ2) is 8.56. The van der Waals surface area contributed by atoms with Crippen LogP contribution in [0.1, 0.15) is 56.8 Å². The quantitative estimate of drug-likeness (QED) is 0.435. The molecule has 0 bridgehead atoms. The van der Waals surface area contributed by atoms with Gasteiger partial charge < -0.3 is 15.5 Å². The summed E-state index contributed by atoms with van der Waals surface area (Å²) in [4.78, 5) is 40.1. The smallest absolute Gasteiger partial charge is 0.353 e. The van der Waals surface area contributed by atoms with Crippen molar-refractivity contribution in [2.75, 3.05) is 0 Å². The monoisotopic (exact) mass is 392 g/mol. The van der Waals surface area contributed by atoms with E-state index in [1.165, 1.54) is 18.3 Å². The molecule has 1 aliphatic carbocycles. The van der Waals surface area contributed by atoms with Crippen LogP contribution in [0.2, 0.25) is 0 Å². The van der Waals surface area contributed by atoms with E-state index in [9.17, 15) is 24.6 Å². The van der Waals surface area contributed by atoms with Crippen molar-refractivity contribution >= 4 is 29.6 Å². The van der Waals surface area contributed by atoms with Crippen LogP contribution in [0, 0.1) is 11.3 Å². The lowest BCUT2D eigenvalue weighted by molar-refractivity contribution is -0.135. The molecular weight excluding hydrogens is 368 g/mol. The largest absolute Gasteiger partial charge is 0.478 e. The van der Waals surface area contributed by atoms with Gasteiger partial charge in [0.05, 0.1) is 5.56 Å². The maximum absolute atomic E-state index is 12.4. The molecule has 0 aliphatic heterocycles. The Morgan fingerprint density at radius 1 is 1.33 bits per heavy atom. The first kappa shape index (κ1) is 21.0. The SMILES string of the molecule is CCCCC(Sc1ncccc1C(=O)O)=C(NC(=O)C1CC1(C)C)C(=O)O. The van der Waals surface area contributed by atoms with Gasteiger partial charge in [-0.2, -0.15) is 0 Å². The number of unbranched alkanes of at least 4 members (excludes halogenated alkanes) is 1. The summed E-state index contributed by atoms with van der Waals surface area (Å²) in [5, 5.41) is 21.8. The zero-order valence-electron chi connectivity index (χ0n) is 15.6. The van der Waals surface area contributed by atoms with E-state index in [1.807, 2.05) is 20.8 Å². The zero-order valence-corrected chi connectivity index (χ0v) is 16.4. The third-order valence-electron chi connectivity index (χ3n) is 4.55. The van der Waals surface area contributed by atoms with Gasteiger partial charge in [-0.25, -0.2) is 14.6 Å². The lowest BCUT2D eigenvalue weighted by Gasteiger charge is -2.14. The van der Waals surface area contributed by atoms with Crippen molar-refractivity contribution in [3.8, 4) is 0 Å². The summed E-state index contributed by atoms with van der Waals surface area (Å²) in [6.45, 7) is 5.89. The van der Waals surface area contributed by atoms with Gasteiger partial charge in [0.1, 0.15) is 10.7 Å². The van der Waals surface area contributed by atoms with Crippen LogP contribution in [0.25, 0.3) is 0 Å². The minimum Gasteiger partial charge on any atom is -0.478 e. The molecule has 7 nitrogen and oxygen atoms in total. The summed E-state index contributed by atoms with van der Waals surface area (Å²) in [6, 6.07) is 2.93. The Balaban J connectivity index is 2.36. The van der Waals surface area contributed by atoms with E-state index in [-0.39, 0.29) is 33.5 Å². The zero-order chi connectivity index (χ0) is 20.2. The number of rotatable bonds is 9. The van der Waals surface area contributed by atoms with Gasteiger partial charge in [0.25, 0.3) is 0 Å². The molecule has 1 atom stereocenters. The molecule has 8 heteroatoms. The van der Waals surface area contributed by atoms with E-state index in [0.29, 0.717) is 24.2 Å². The Morgan fingerprint density at radius 3 is 2.52 bits per heavy atom. The highest BCUT2D eigenvalue weighted by atomic mass is 32.2. The van der Waals surface area contributed by atoms with Gasteiger partial charge in [-0.15, -0.1) is 0 Å². The third-order valence-corrected chi connectivity index (χ3v) is 5.72. The Kier molecular flexibility index (Phi) is 6.64. The van der Waals surface area contributed by atoms with Crippen LogP contribution < -0.4 is 5.32 Å². The second-order valence-corrected chi connectivity index (χ2v) is 8.29. The number of carboxylic acid groups (broad SMARTS) is 2. The molecule has 1 aromatic heterocycles. The average molecular weight is 392 g/mol. The molecule has 3 N–H and O–H groups in total. The van der Waals surface area contributed by atoms with Crippen molar-refractivity contribution < 1.29 is 24.6 Å². The number of nitrogens with zero attached hydrogens (tertiary/aromatic N) is 1. The molecule has 27 heavy (non-hydrogen) atoms. The van der Waals surface area contributed by atoms with E-state index < -0.39 is 11.9 Å². The maximum Gasteiger partial charge on any atom is 0.353 e. The minimum atomic E-state index is -1.24. The first-order chi connectivity index (χ1) is 12.7.